The van der Waals surface area contributed by atoms with Gasteiger partial charge in [-0.25, -0.2) is 0 Å². The average molecular weight is 324 g/mol. The monoisotopic (exact) mass is 324 g/mol. The third-order valence-corrected chi connectivity index (χ3v) is 4.35. The summed E-state index contributed by atoms with van der Waals surface area (Å²) in [5, 5.41) is 2.70. The van der Waals surface area contributed by atoms with Crippen LogP contribution in [0.25, 0.3) is 0 Å². The number of hydrogen-bond donors (Lipinski definition) is 2. The topological polar surface area (TPSA) is 81.4 Å². The van der Waals surface area contributed by atoms with Crippen molar-refractivity contribution in [2.24, 2.45) is 5.73 Å². The number of carbonyl (C=O) groups excluding carboxylic acids is 2. The zero-order valence-electron chi connectivity index (χ0n) is 13.7. The number of ether oxygens (including phenoxy) is 1. The molecular formula is C19H20N2O3. The second kappa shape index (κ2) is 6.35. The van der Waals surface area contributed by atoms with Crippen molar-refractivity contribution in [1.29, 1.82) is 0 Å². The SMILES string of the molecule is Cc1cc2c(cc1C)O[C@@H](C(=O)N[C@@H](C(N)=O)c1ccccc1)C2. The normalized spacial score (nSPS) is 16.8. The first-order valence-electron chi connectivity index (χ1n) is 7.87. The second-order valence-corrected chi connectivity index (χ2v) is 6.11. The summed E-state index contributed by atoms with van der Waals surface area (Å²) in [6, 6.07) is 12.1. The number of hydrogen-bond acceptors (Lipinski definition) is 3. The van der Waals surface area contributed by atoms with E-state index in [1.54, 1.807) is 24.3 Å². The number of fused-ring (bicyclic) bond motifs is 1. The molecule has 5 nitrogen and oxygen atoms in total. The maximum absolute atomic E-state index is 12.5. The van der Waals surface area contributed by atoms with Gasteiger partial charge in [0.1, 0.15) is 11.8 Å². The number of amides is 2. The molecule has 3 N–H and O–H groups in total. The summed E-state index contributed by atoms with van der Waals surface area (Å²) < 4.78 is 5.76. The average Bonchev–Trinajstić information content (AvgIpc) is 2.96. The third-order valence-electron chi connectivity index (χ3n) is 4.35. The predicted molar refractivity (Wildman–Crippen MR) is 90.6 cm³/mol. The summed E-state index contributed by atoms with van der Waals surface area (Å²) in [6.45, 7) is 4.03. The summed E-state index contributed by atoms with van der Waals surface area (Å²) in [7, 11) is 0. The van der Waals surface area contributed by atoms with Gasteiger partial charge in [-0.15, -0.1) is 0 Å². The highest BCUT2D eigenvalue weighted by Gasteiger charge is 2.32. The van der Waals surface area contributed by atoms with Crippen LogP contribution in [0, 0.1) is 13.8 Å². The molecule has 2 atom stereocenters. The lowest BCUT2D eigenvalue weighted by Crippen LogP contribution is -2.44. The minimum Gasteiger partial charge on any atom is -0.480 e. The fourth-order valence-corrected chi connectivity index (χ4v) is 2.86. The van der Waals surface area contributed by atoms with Gasteiger partial charge in [0, 0.05) is 6.42 Å². The van der Waals surface area contributed by atoms with Crippen LogP contribution in [-0.4, -0.2) is 17.9 Å². The van der Waals surface area contributed by atoms with E-state index in [1.807, 2.05) is 32.0 Å². The van der Waals surface area contributed by atoms with E-state index < -0.39 is 18.1 Å². The minimum absolute atomic E-state index is 0.339. The highest BCUT2D eigenvalue weighted by molar-refractivity contribution is 5.90. The number of benzene rings is 2. The number of nitrogens with one attached hydrogen (secondary N) is 1. The zero-order valence-corrected chi connectivity index (χ0v) is 13.7. The van der Waals surface area contributed by atoms with Crippen molar-refractivity contribution >= 4 is 11.8 Å². The van der Waals surface area contributed by atoms with Gasteiger partial charge in [0.05, 0.1) is 0 Å². The number of carbonyl (C=O) groups is 2. The first-order chi connectivity index (χ1) is 11.5. The molecule has 0 saturated carbocycles. The van der Waals surface area contributed by atoms with Gasteiger partial charge < -0.3 is 15.8 Å². The summed E-state index contributed by atoms with van der Waals surface area (Å²) in [6.07, 6.45) is -0.158. The first kappa shape index (κ1) is 16.1. The molecule has 0 radical (unpaired) electrons. The van der Waals surface area contributed by atoms with E-state index in [-0.39, 0.29) is 5.91 Å². The molecule has 0 aliphatic carbocycles. The number of aryl methyl sites for hydroxylation is 2. The van der Waals surface area contributed by atoms with Crippen LogP contribution in [0.1, 0.15) is 28.3 Å². The fourth-order valence-electron chi connectivity index (χ4n) is 2.86. The number of rotatable bonds is 4. The van der Waals surface area contributed by atoms with Gasteiger partial charge in [0.25, 0.3) is 5.91 Å². The van der Waals surface area contributed by atoms with Crippen molar-refractivity contribution in [3.05, 3.63) is 64.7 Å². The summed E-state index contributed by atoms with van der Waals surface area (Å²) >= 11 is 0. The Morgan fingerprint density at radius 2 is 1.83 bits per heavy atom. The van der Waals surface area contributed by atoms with Crippen LogP contribution in [0.5, 0.6) is 5.75 Å². The second-order valence-electron chi connectivity index (χ2n) is 6.11. The van der Waals surface area contributed by atoms with Crippen LogP contribution in [0.3, 0.4) is 0 Å². The molecule has 1 heterocycles. The lowest BCUT2D eigenvalue weighted by Gasteiger charge is -2.18. The van der Waals surface area contributed by atoms with Gasteiger partial charge >= 0.3 is 0 Å². The summed E-state index contributed by atoms with van der Waals surface area (Å²) in [5.74, 6) is -0.209. The van der Waals surface area contributed by atoms with Crippen LogP contribution < -0.4 is 15.8 Å². The van der Waals surface area contributed by atoms with Crippen LogP contribution >= 0.6 is 0 Å². The molecule has 2 amide bonds. The Morgan fingerprint density at radius 1 is 1.17 bits per heavy atom. The molecule has 24 heavy (non-hydrogen) atoms. The molecule has 1 aliphatic rings. The van der Waals surface area contributed by atoms with Crippen molar-refractivity contribution in [3.8, 4) is 5.75 Å². The molecule has 0 bridgehead atoms. The van der Waals surface area contributed by atoms with Crippen molar-refractivity contribution in [2.75, 3.05) is 0 Å². The standard InChI is InChI=1S/C19H20N2O3/c1-11-8-14-10-16(24-15(14)9-12(11)2)19(23)21-17(18(20)22)13-6-4-3-5-7-13/h3-9,16-17H,10H2,1-2H3,(H2,20,22)(H,21,23)/t16-,17-/m1/s1. The van der Waals surface area contributed by atoms with E-state index in [9.17, 15) is 9.59 Å². The Bertz CT molecular complexity index is 756. The smallest absolute Gasteiger partial charge is 0.262 e. The van der Waals surface area contributed by atoms with Crippen molar-refractivity contribution in [2.45, 2.75) is 32.4 Å². The Balaban J connectivity index is 1.74. The number of primary amides is 1. The van der Waals surface area contributed by atoms with E-state index in [2.05, 4.69) is 5.32 Å². The molecule has 0 spiro atoms. The lowest BCUT2D eigenvalue weighted by atomic mass is 10.0. The van der Waals surface area contributed by atoms with Gasteiger partial charge in [-0.1, -0.05) is 36.4 Å². The van der Waals surface area contributed by atoms with Gasteiger partial charge in [-0.05, 0) is 42.2 Å². The number of nitrogens with two attached hydrogens (primary N) is 1. The van der Waals surface area contributed by atoms with Gasteiger partial charge in [0.15, 0.2) is 6.10 Å². The fraction of sp³-hybridized carbons (Fsp3) is 0.263. The van der Waals surface area contributed by atoms with E-state index in [0.717, 1.165) is 22.4 Å². The van der Waals surface area contributed by atoms with Gasteiger partial charge in [-0.3, -0.25) is 9.59 Å². The third kappa shape index (κ3) is 3.11. The molecule has 0 aromatic heterocycles. The molecule has 0 fully saturated rings. The first-order valence-corrected chi connectivity index (χ1v) is 7.87. The van der Waals surface area contributed by atoms with Gasteiger partial charge in [0.2, 0.25) is 5.91 Å². The van der Waals surface area contributed by atoms with E-state index in [1.165, 1.54) is 0 Å². The van der Waals surface area contributed by atoms with E-state index in [4.69, 9.17) is 10.5 Å². The minimum atomic E-state index is -0.866. The molecule has 2 aromatic rings. The maximum atomic E-state index is 12.5. The van der Waals surface area contributed by atoms with Crippen LogP contribution in [-0.2, 0) is 16.0 Å². The largest absolute Gasteiger partial charge is 0.480 e. The van der Waals surface area contributed by atoms with Crippen LogP contribution in [0.2, 0.25) is 0 Å². The lowest BCUT2D eigenvalue weighted by molar-refractivity contribution is -0.131. The van der Waals surface area contributed by atoms with Crippen molar-refractivity contribution in [1.82, 2.24) is 5.32 Å². The quantitative estimate of drug-likeness (QED) is 0.902. The van der Waals surface area contributed by atoms with Gasteiger partial charge in [-0.2, -0.15) is 0 Å². The molecule has 0 saturated heterocycles. The molecular weight excluding hydrogens is 304 g/mol. The van der Waals surface area contributed by atoms with Crippen molar-refractivity contribution in [3.63, 3.8) is 0 Å². The molecule has 5 heteroatoms. The maximum Gasteiger partial charge on any atom is 0.262 e. The van der Waals surface area contributed by atoms with E-state index >= 15 is 0 Å². The molecule has 3 rings (SSSR count). The molecule has 124 valence electrons. The highest BCUT2D eigenvalue weighted by Crippen LogP contribution is 2.31. The van der Waals surface area contributed by atoms with Crippen LogP contribution in [0.4, 0.5) is 0 Å². The Kier molecular flexibility index (Phi) is 4.25. The molecule has 1 aliphatic heterocycles. The van der Waals surface area contributed by atoms with E-state index in [0.29, 0.717) is 12.0 Å². The van der Waals surface area contributed by atoms with Crippen LogP contribution in [0.15, 0.2) is 42.5 Å². The zero-order chi connectivity index (χ0) is 17.3. The molecule has 2 aromatic carbocycles. The predicted octanol–water partition coefficient (Wildman–Crippen LogP) is 1.95. The summed E-state index contributed by atoms with van der Waals surface area (Å²) in [4.78, 5) is 24.3. The Labute approximate surface area is 140 Å². The Hall–Kier alpha value is -2.82. The molecule has 0 unspecified atom stereocenters. The Morgan fingerprint density at radius 3 is 2.50 bits per heavy atom. The highest BCUT2D eigenvalue weighted by atomic mass is 16.5. The summed E-state index contributed by atoms with van der Waals surface area (Å²) in [5.41, 5.74) is 9.39. The van der Waals surface area contributed by atoms with Crippen molar-refractivity contribution < 1.29 is 14.3 Å².